The Kier molecular flexibility index (Phi) is 4.56. The highest BCUT2D eigenvalue weighted by atomic mass is 16.5. The lowest BCUT2D eigenvalue weighted by atomic mass is 10.3. The predicted molar refractivity (Wildman–Crippen MR) is 89.1 cm³/mol. The van der Waals surface area contributed by atoms with Crippen LogP contribution in [0.15, 0.2) is 36.7 Å². The van der Waals surface area contributed by atoms with Crippen molar-refractivity contribution >= 4 is 23.4 Å². The van der Waals surface area contributed by atoms with Crippen LogP contribution in [0.4, 0.5) is 22.1 Å². The van der Waals surface area contributed by atoms with Crippen molar-refractivity contribution in [1.29, 1.82) is 0 Å². The Morgan fingerprint density at radius 2 is 1.83 bits per heavy atom. The highest BCUT2D eigenvalue weighted by Crippen LogP contribution is 2.23. The Morgan fingerprint density at radius 1 is 1.13 bits per heavy atom. The molecule has 1 fully saturated rings. The number of carbonyl (C=O) groups excluding carboxylic acids is 1. The number of rotatable bonds is 4. The van der Waals surface area contributed by atoms with E-state index in [0.29, 0.717) is 23.1 Å². The molecule has 1 aromatic heterocycles. The molecule has 0 bridgehead atoms. The molecule has 120 valence electrons. The van der Waals surface area contributed by atoms with Crippen LogP contribution in [0.5, 0.6) is 5.75 Å². The Balaban J connectivity index is 1.61. The van der Waals surface area contributed by atoms with Gasteiger partial charge in [-0.05, 0) is 25.0 Å². The standard InChI is InChI=1S/C16H19N5O2/c1-23-14-7-3-2-6-13(14)20-16(22)19-12-10-17-15(18-11-12)21-8-4-5-9-21/h2-3,6-7,10-11H,4-5,8-9H2,1H3,(H2,19,20,22). The molecule has 1 aromatic carbocycles. The Bertz CT molecular complexity index is 668. The van der Waals surface area contributed by atoms with Crippen LogP contribution in [-0.4, -0.2) is 36.2 Å². The molecule has 0 spiro atoms. The minimum absolute atomic E-state index is 0.368. The van der Waals surface area contributed by atoms with Gasteiger partial charge in [0.25, 0.3) is 0 Å². The summed E-state index contributed by atoms with van der Waals surface area (Å²) in [6.45, 7) is 1.97. The normalized spacial score (nSPS) is 13.7. The lowest BCUT2D eigenvalue weighted by molar-refractivity contribution is 0.262. The van der Waals surface area contributed by atoms with Crippen LogP contribution < -0.4 is 20.3 Å². The number of carbonyl (C=O) groups is 1. The van der Waals surface area contributed by atoms with Crippen molar-refractivity contribution in [2.75, 3.05) is 35.7 Å². The van der Waals surface area contributed by atoms with Crippen LogP contribution in [0.3, 0.4) is 0 Å². The van der Waals surface area contributed by atoms with Gasteiger partial charge in [0, 0.05) is 13.1 Å². The smallest absolute Gasteiger partial charge is 0.323 e. The van der Waals surface area contributed by atoms with Crippen molar-refractivity contribution in [1.82, 2.24) is 9.97 Å². The lowest BCUT2D eigenvalue weighted by Crippen LogP contribution is -2.22. The molecule has 2 aromatic rings. The topological polar surface area (TPSA) is 79.4 Å². The number of urea groups is 1. The van der Waals surface area contributed by atoms with Gasteiger partial charge in [-0.25, -0.2) is 14.8 Å². The van der Waals surface area contributed by atoms with Crippen LogP contribution >= 0.6 is 0 Å². The van der Waals surface area contributed by atoms with Crippen LogP contribution in [0.25, 0.3) is 0 Å². The monoisotopic (exact) mass is 313 g/mol. The Morgan fingerprint density at radius 3 is 2.52 bits per heavy atom. The first-order chi connectivity index (χ1) is 11.3. The van der Waals surface area contributed by atoms with Gasteiger partial charge in [0.05, 0.1) is 30.9 Å². The molecule has 7 nitrogen and oxygen atoms in total. The summed E-state index contributed by atoms with van der Waals surface area (Å²) in [6.07, 6.45) is 5.57. The Labute approximate surface area is 134 Å². The zero-order chi connectivity index (χ0) is 16.1. The predicted octanol–water partition coefficient (Wildman–Crippen LogP) is 2.73. The van der Waals surface area contributed by atoms with Crippen LogP contribution in [0.2, 0.25) is 0 Å². The summed E-state index contributed by atoms with van der Waals surface area (Å²) in [4.78, 5) is 22.8. The first kappa shape index (κ1) is 15.1. The molecule has 0 saturated carbocycles. The van der Waals surface area contributed by atoms with Gasteiger partial charge in [-0.3, -0.25) is 0 Å². The molecular weight excluding hydrogens is 294 g/mol. The van der Waals surface area contributed by atoms with E-state index in [1.165, 1.54) is 12.8 Å². The molecule has 1 aliphatic rings. The number of para-hydroxylation sites is 2. The van der Waals surface area contributed by atoms with E-state index in [4.69, 9.17) is 4.74 Å². The molecule has 7 heteroatoms. The van der Waals surface area contributed by atoms with E-state index in [1.54, 1.807) is 31.6 Å². The fourth-order valence-corrected chi connectivity index (χ4v) is 2.50. The average molecular weight is 313 g/mol. The molecule has 1 aliphatic heterocycles. The zero-order valence-electron chi connectivity index (χ0n) is 13.0. The highest BCUT2D eigenvalue weighted by molar-refractivity contribution is 6.00. The van der Waals surface area contributed by atoms with Gasteiger partial charge < -0.3 is 20.3 Å². The number of amides is 2. The van der Waals surface area contributed by atoms with Crippen LogP contribution in [0.1, 0.15) is 12.8 Å². The SMILES string of the molecule is COc1ccccc1NC(=O)Nc1cnc(N2CCCC2)nc1. The van der Waals surface area contributed by atoms with Crippen molar-refractivity contribution in [2.45, 2.75) is 12.8 Å². The average Bonchev–Trinajstić information content (AvgIpc) is 3.10. The van der Waals surface area contributed by atoms with Gasteiger partial charge in [0.1, 0.15) is 5.75 Å². The molecule has 2 amide bonds. The quantitative estimate of drug-likeness (QED) is 0.907. The Hall–Kier alpha value is -2.83. The van der Waals surface area contributed by atoms with Gasteiger partial charge in [-0.15, -0.1) is 0 Å². The third kappa shape index (κ3) is 3.68. The van der Waals surface area contributed by atoms with E-state index in [1.807, 2.05) is 12.1 Å². The molecule has 2 N–H and O–H groups in total. The largest absolute Gasteiger partial charge is 0.495 e. The number of hydrogen-bond donors (Lipinski definition) is 2. The van der Waals surface area contributed by atoms with Gasteiger partial charge in [0.2, 0.25) is 5.95 Å². The van der Waals surface area contributed by atoms with Crippen LogP contribution in [0, 0.1) is 0 Å². The molecule has 3 rings (SSSR count). The second-order valence-corrected chi connectivity index (χ2v) is 5.25. The van der Waals surface area contributed by atoms with Gasteiger partial charge in [-0.1, -0.05) is 12.1 Å². The highest BCUT2D eigenvalue weighted by Gasteiger charge is 2.14. The number of aromatic nitrogens is 2. The summed E-state index contributed by atoms with van der Waals surface area (Å²) >= 11 is 0. The molecule has 1 saturated heterocycles. The third-order valence-corrected chi connectivity index (χ3v) is 3.64. The second kappa shape index (κ2) is 6.95. The number of hydrogen-bond acceptors (Lipinski definition) is 5. The van der Waals surface area contributed by atoms with E-state index >= 15 is 0 Å². The van der Waals surface area contributed by atoms with Gasteiger partial charge in [-0.2, -0.15) is 0 Å². The maximum absolute atomic E-state index is 12.0. The maximum Gasteiger partial charge on any atom is 0.323 e. The molecular formula is C16H19N5O2. The summed E-state index contributed by atoms with van der Waals surface area (Å²) in [5.41, 5.74) is 1.14. The number of ether oxygens (including phenoxy) is 1. The van der Waals surface area contributed by atoms with Crippen LogP contribution in [-0.2, 0) is 0 Å². The van der Waals surface area contributed by atoms with Crippen molar-refractivity contribution in [3.63, 3.8) is 0 Å². The van der Waals surface area contributed by atoms with E-state index in [9.17, 15) is 4.79 Å². The van der Waals surface area contributed by atoms with Crippen molar-refractivity contribution in [3.05, 3.63) is 36.7 Å². The van der Waals surface area contributed by atoms with E-state index < -0.39 is 0 Å². The summed E-state index contributed by atoms with van der Waals surface area (Å²) in [5.74, 6) is 1.31. The lowest BCUT2D eigenvalue weighted by Gasteiger charge is -2.15. The fraction of sp³-hybridized carbons (Fsp3) is 0.312. The van der Waals surface area contributed by atoms with E-state index in [-0.39, 0.29) is 6.03 Å². The zero-order valence-corrected chi connectivity index (χ0v) is 13.0. The minimum atomic E-state index is -0.368. The minimum Gasteiger partial charge on any atom is -0.495 e. The van der Waals surface area contributed by atoms with Crippen molar-refractivity contribution in [3.8, 4) is 5.75 Å². The van der Waals surface area contributed by atoms with Gasteiger partial charge >= 0.3 is 6.03 Å². The van der Waals surface area contributed by atoms with E-state index in [0.717, 1.165) is 13.1 Å². The number of nitrogens with zero attached hydrogens (tertiary/aromatic N) is 3. The number of nitrogens with one attached hydrogen (secondary N) is 2. The molecule has 0 unspecified atom stereocenters. The first-order valence-electron chi connectivity index (χ1n) is 7.54. The maximum atomic E-state index is 12.0. The molecule has 0 atom stereocenters. The molecule has 2 heterocycles. The summed E-state index contributed by atoms with van der Waals surface area (Å²) in [5, 5.41) is 5.45. The third-order valence-electron chi connectivity index (χ3n) is 3.64. The molecule has 23 heavy (non-hydrogen) atoms. The fourth-order valence-electron chi connectivity index (χ4n) is 2.50. The molecule has 0 aliphatic carbocycles. The molecule has 0 radical (unpaired) electrons. The summed E-state index contributed by atoms with van der Waals surface area (Å²) < 4.78 is 5.20. The summed E-state index contributed by atoms with van der Waals surface area (Å²) in [7, 11) is 1.56. The number of anilines is 3. The summed E-state index contributed by atoms with van der Waals surface area (Å²) in [6, 6.07) is 6.85. The number of methoxy groups -OCH3 is 1. The first-order valence-corrected chi connectivity index (χ1v) is 7.54. The van der Waals surface area contributed by atoms with Gasteiger partial charge in [0.15, 0.2) is 0 Å². The van der Waals surface area contributed by atoms with Crippen molar-refractivity contribution < 1.29 is 9.53 Å². The second-order valence-electron chi connectivity index (χ2n) is 5.25. The number of benzene rings is 1. The van der Waals surface area contributed by atoms with Crippen molar-refractivity contribution in [2.24, 2.45) is 0 Å². The van der Waals surface area contributed by atoms with E-state index in [2.05, 4.69) is 25.5 Å².